The molecule has 28 heavy (non-hydrogen) atoms. The smallest absolute Gasteiger partial charge is 0.273 e. The number of halogens is 3. The molecule has 3 aliphatic rings. The molecule has 0 radical (unpaired) electrons. The van der Waals surface area contributed by atoms with E-state index in [0.29, 0.717) is 17.4 Å². The normalized spacial score (nSPS) is 25.2. The van der Waals surface area contributed by atoms with Crippen LogP contribution in [0.25, 0.3) is 0 Å². The van der Waals surface area contributed by atoms with E-state index < -0.39 is 42.4 Å². The second-order valence-corrected chi connectivity index (χ2v) is 7.67. The number of carbonyl (C=O) groups is 2. The summed E-state index contributed by atoms with van der Waals surface area (Å²) in [5.74, 6) is -4.79. The van der Waals surface area contributed by atoms with Crippen molar-refractivity contribution in [2.45, 2.75) is 36.9 Å². The third-order valence-electron chi connectivity index (χ3n) is 5.24. The van der Waals surface area contributed by atoms with E-state index in [2.05, 4.69) is 4.98 Å². The van der Waals surface area contributed by atoms with Crippen molar-refractivity contribution >= 4 is 11.8 Å². The number of alkyl halides is 3. The Morgan fingerprint density at radius 3 is 2.57 bits per heavy atom. The molecular formula is C18H20F3N3O4. The van der Waals surface area contributed by atoms with Gasteiger partial charge in [-0.3, -0.25) is 9.59 Å². The van der Waals surface area contributed by atoms with Crippen LogP contribution in [0.3, 0.4) is 0 Å². The first kappa shape index (κ1) is 19.0. The standard InChI is InChI=1S/C18H20F3N3O4/c19-17(8-27-9-17)11-3-4-12(23-15(11)28-6-10-1-2-10)16(26)24-7-18(20,21)5-13(24)14(22)25/h3-4,10,13H,1-2,5-9H2,(H2,22,25)/t13-/m0/s1. The summed E-state index contributed by atoms with van der Waals surface area (Å²) in [7, 11) is 0. The van der Waals surface area contributed by atoms with E-state index in [1.165, 1.54) is 12.1 Å². The van der Waals surface area contributed by atoms with Gasteiger partial charge in [0.1, 0.15) is 11.7 Å². The number of rotatable bonds is 6. The van der Waals surface area contributed by atoms with Crippen LogP contribution in [0.2, 0.25) is 0 Å². The van der Waals surface area contributed by atoms with Gasteiger partial charge in [-0.15, -0.1) is 0 Å². The zero-order valence-corrected chi connectivity index (χ0v) is 15.0. The average molecular weight is 399 g/mol. The molecule has 1 aromatic heterocycles. The van der Waals surface area contributed by atoms with Gasteiger partial charge in [0.15, 0.2) is 5.67 Å². The van der Waals surface area contributed by atoms with Crippen LogP contribution in [0.5, 0.6) is 5.88 Å². The van der Waals surface area contributed by atoms with Crippen LogP contribution in [0.15, 0.2) is 12.1 Å². The molecule has 10 heteroatoms. The molecule has 1 saturated carbocycles. The number of ether oxygens (including phenoxy) is 2. The highest BCUT2D eigenvalue weighted by atomic mass is 19.3. The van der Waals surface area contributed by atoms with Crippen LogP contribution < -0.4 is 10.5 Å². The van der Waals surface area contributed by atoms with Gasteiger partial charge in [0.2, 0.25) is 11.8 Å². The monoisotopic (exact) mass is 399 g/mol. The molecule has 2 saturated heterocycles. The minimum absolute atomic E-state index is 0.0508. The number of pyridine rings is 1. The molecule has 7 nitrogen and oxygen atoms in total. The summed E-state index contributed by atoms with van der Waals surface area (Å²) in [5.41, 5.74) is 3.37. The SMILES string of the molecule is NC(=O)[C@@H]1CC(F)(F)CN1C(=O)c1ccc(C2(F)COC2)c(OCC2CC2)n1. The third-order valence-corrected chi connectivity index (χ3v) is 5.24. The Labute approximate surface area is 159 Å². The van der Waals surface area contributed by atoms with E-state index in [0.717, 1.165) is 12.8 Å². The van der Waals surface area contributed by atoms with Crippen LogP contribution in [0.1, 0.15) is 35.3 Å². The fourth-order valence-corrected chi connectivity index (χ4v) is 3.36. The van der Waals surface area contributed by atoms with E-state index in [1.807, 2.05) is 0 Å². The number of carbonyl (C=O) groups excluding carboxylic acids is 2. The largest absolute Gasteiger partial charge is 0.477 e. The molecule has 1 atom stereocenters. The minimum atomic E-state index is -3.22. The highest BCUT2D eigenvalue weighted by Crippen LogP contribution is 2.40. The molecule has 1 aromatic rings. The van der Waals surface area contributed by atoms with E-state index >= 15 is 0 Å². The van der Waals surface area contributed by atoms with Crippen molar-refractivity contribution in [2.75, 3.05) is 26.4 Å². The molecule has 2 amide bonds. The molecule has 3 fully saturated rings. The zero-order valence-electron chi connectivity index (χ0n) is 15.0. The first-order valence-electron chi connectivity index (χ1n) is 9.08. The van der Waals surface area contributed by atoms with Gasteiger partial charge in [0.25, 0.3) is 11.8 Å². The van der Waals surface area contributed by atoms with Crippen LogP contribution in [0, 0.1) is 5.92 Å². The maximum absolute atomic E-state index is 14.8. The first-order chi connectivity index (χ1) is 13.2. The lowest BCUT2D eigenvalue weighted by Gasteiger charge is -2.34. The van der Waals surface area contributed by atoms with E-state index in [9.17, 15) is 22.8 Å². The Bertz CT molecular complexity index is 811. The van der Waals surface area contributed by atoms with Crippen molar-refractivity contribution in [3.05, 3.63) is 23.4 Å². The summed E-state index contributed by atoms with van der Waals surface area (Å²) in [6.45, 7) is -0.893. The molecule has 0 bridgehead atoms. The molecule has 0 spiro atoms. The number of primary amides is 1. The summed E-state index contributed by atoms with van der Waals surface area (Å²) < 4.78 is 52.9. The Morgan fingerprint density at radius 1 is 1.29 bits per heavy atom. The van der Waals surface area contributed by atoms with Gasteiger partial charge in [0.05, 0.1) is 31.9 Å². The maximum atomic E-state index is 14.8. The summed E-state index contributed by atoms with van der Waals surface area (Å²) in [4.78, 5) is 29.1. The average Bonchev–Trinajstić information content (AvgIpc) is 3.38. The molecule has 0 unspecified atom stereocenters. The minimum Gasteiger partial charge on any atom is -0.477 e. The zero-order chi connectivity index (χ0) is 20.1. The molecule has 2 aliphatic heterocycles. The van der Waals surface area contributed by atoms with Gasteiger partial charge in [-0.2, -0.15) is 0 Å². The number of likely N-dealkylation sites (tertiary alicyclic amines) is 1. The number of hydrogen-bond donors (Lipinski definition) is 1. The number of aromatic nitrogens is 1. The number of nitrogens with zero attached hydrogens (tertiary/aromatic N) is 2. The summed E-state index contributed by atoms with van der Waals surface area (Å²) >= 11 is 0. The van der Waals surface area contributed by atoms with Crippen LogP contribution in [-0.4, -0.2) is 60.0 Å². The molecule has 4 rings (SSSR count). The highest BCUT2D eigenvalue weighted by molar-refractivity contribution is 5.96. The second kappa shape index (κ2) is 6.61. The lowest BCUT2D eigenvalue weighted by atomic mass is 9.94. The summed E-state index contributed by atoms with van der Waals surface area (Å²) in [6.07, 6.45) is 1.17. The Morgan fingerprint density at radius 2 is 2.00 bits per heavy atom. The van der Waals surface area contributed by atoms with E-state index in [1.54, 1.807) is 0 Å². The number of nitrogens with two attached hydrogens (primary N) is 1. The van der Waals surface area contributed by atoms with Crippen molar-refractivity contribution < 1.29 is 32.2 Å². The quantitative estimate of drug-likeness (QED) is 0.780. The predicted molar refractivity (Wildman–Crippen MR) is 89.6 cm³/mol. The van der Waals surface area contributed by atoms with Gasteiger partial charge in [-0.1, -0.05) is 0 Å². The van der Waals surface area contributed by atoms with Gasteiger partial charge in [-0.05, 0) is 30.9 Å². The van der Waals surface area contributed by atoms with Crippen LogP contribution in [-0.2, 0) is 15.2 Å². The van der Waals surface area contributed by atoms with E-state index in [-0.39, 0.29) is 30.4 Å². The topological polar surface area (TPSA) is 94.8 Å². The fraction of sp³-hybridized carbons (Fsp3) is 0.611. The lowest BCUT2D eigenvalue weighted by molar-refractivity contribution is -0.136. The van der Waals surface area contributed by atoms with Crippen molar-refractivity contribution in [1.29, 1.82) is 0 Å². The Kier molecular flexibility index (Phi) is 4.48. The van der Waals surface area contributed by atoms with Crippen LogP contribution >= 0.6 is 0 Å². The molecule has 0 aromatic carbocycles. The van der Waals surface area contributed by atoms with Crippen LogP contribution in [0.4, 0.5) is 13.2 Å². The molecule has 2 N–H and O–H groups in total. The first-order valence-corrected chi connectivity index (χ1v) is 9.08. The van der Waals surface area contributed by atoms with Crippen molar-refractivity contribution in [1.82, 2.24) is 9.88 Å². The number of amides is 2. The lowest BCUT2D eigenvalue weighted by Crippen LogP contribution is -2.44. The maximum Gasteiger partial charge on any atom is 0.273 e. The second-order valence-electron chi connectivity index (χ2n) is 7.67. The highest BCUT2D eigenvalue weighted by Gasteiger charge is 2.50. The van der Waals surface area contributed by atoms with Crippen molar-refractivity contribution in [2.24, 2.45) is 11.7 Å². The van der Waals surface area contributed by atoms with E-state index in [4.69, 9.17) is 15.2 Å². The molecule has 3 heterocycles. The van der Waals surface area contributed by atoms with Crippen molar-refractivity contribution in [3.63, 3.8) is 0 Å². The van der Waals surface area contributed by atoms with Gasteiger partial charge < -0.3 is 20.1 Å². The number of hydrogen-bond acceptors (Lipinski definition) is 5. The summed E-state index contributed by atoms with van der Waals surface area (Å²) in [5, 5.41) is 0. The van der Waals surface area contributed by atoms with Gasteiger partial charge in [0, 0.05) is 6.42 Å². The molecular weight excluding hydrogens is 379 g/mol. The molecule has 1 aliphatic carbocycles. The Hall–Kier alpha value is -2.36. The van der Waals surface area contributed by atoms with Gasteiger partial charge in [-0.25, -0.2) is 18.2 Å². The molecule has 152 valence electrons. The fourth-order valence-electron chi connectivity index (χ4n) is 3.36. The summed E-state index contributed by atoms with van der Waals surface area (Å²) in [6, 6.07) is 1.18. The third kappa shape index (κ3) is 3.52. The van der Waals surface area contributed by atoms with Crippen molar-refractivity contribution in [3.8, 4) is 5.88 Å². The predicted octanol–water partition coefficient (Wildman–Crippen LogP) is 1.40. The van der Waals surface area contributed by atoms with Gasteiger partial charge >= 0.3 is 0 Å². The Balaban J connectivity index is 1.62.